The highest BCUT2D eigenvalue weighted by Gasteiger charge is 2.32. The lowest BCUT2D eigenvalue weighted by Crippen LogP contribution is -2.41. The van der Waals surface area contributed by atoms with E-state index in [0.29, 0.717) is 5.82 Å². The molecule has 3 atom stereocenters. The number of halogens is 1. The minimum absolute atomic E-state index is 0. The summed E-state index contributed by atoms with van der Waals surface area (Å²) in [6.07, 6.45) is 4.54. The van der Waals surface area contributed by atoms with Gasteiger partial charge in [-0.05, 0) is 55.7 Å². The van der Waals surface area contributed by atoms with Crippen LogP contribution in [0.25, 0.3) is 17.2 Å². The van der Waals surface area contributed by atoms with Crippen molar-refractivity contribution >= 4 is 12.4 Å². The van der Waals surface area contributed by atoms with Gasteiger partial charge in [-0.25, -0.2) is 9.67 Å². The van der Waals surface area contributed by atoms with Crippen LogP contribution in [0.4, 0.5) is 0 Å². The summed E-state index contributed by atoms with van der Waals surface area (Å²) in [5.41, 5.74) is 8.04. The van der Waals surface area contributed by atoms with Crippen molar-refractivity contribution in [1.82, 2.24) is 19.7 Å². The van der Waals surface area contributed by atoms with Crippen LogP contribution < -0.4 is 10.5 Å². The first-order valence-corrected chi connectivity index (χ1v) is 9.50. The Kier molecular flexibility index (Phi) is 6.84. The zero-order valence-electron chi connectivity index (χ0n) is 16.6. The predicted octanol–water partition coefficient (Wildman–Crippen LogP) is 3.37. The van der Waals surface area contributed by atoms with Gasteiger partial charge in [0.15, 0.2) is 5.82 Å². The zero-order valence-corrected chi connectivity index (χ0v) is 17.4. The van der Waals surface area contributed by atoms with E-state index in [-0.39, 0.29) is 30.5 Å². The SMILES string of the molecule is COc1ccc(-n2nc(-c3ccccn3)nc2[C@H]2CC[C@@H](OC)[C@H](N)C2)cc1.Cl. The Morgan fingerprint density at radius 3 is 2.48 bits per heavy atom. The zero-order chi connectivity index (χ0) is 19.5. The maximum absolute atomic E-state index is 6.35. The molecule has 0 bridgehead atoms. The monoisotopic (exact) mass is 415 g/mol. The molecule has 2 N–H and O–H groups in total. The quantitative estimate of drug-likeness (QED) is 0.687. The molecular weight excluding hydrogens is 390 g/mol. The van der Waals surface area contributed by atoms with E-state index in [1.165, 1.54) is 0 Å². The van der Waals surface area contributed by atoms with Crippen LogP contribution >= 0.6 is 12.4 Å². The van der Waals surface area contributed by atoms with E-state index < -0.39 is 0 Å². The maximum atomic E-state index is 6.35. The Labute approximate surface area is 176 Å². The summed E-state index contributed by atoms with van der Waals surface area (Å²) in [5.74, 6) is 2.55. The van der Waals surface area contributed by atoms with E-state index in [2.05, 4.69) is 4.98 Å². The molecule has 1 aromatic carbocycles. The third-order valence-electron chi connectivity index (χ3n) is 5.34. The second kappa shape index (κ2) is 9.35. The lowest BCUT2D eigenvalue weighted by atomic mass is 9.83. The van der Waals surface area contributed by atoms with E-state index in [1.807, 2.05) is 47.1 Å². The van der Waals surface area contributed by atoms with Gasteiger partial charge in [-0.3, -0.25) is 4.98 Å². The Morgan fingerprint density at radius 2 is 1.86 bits per heavy atom. The maximum Gasteiger partial charge on any atom is 0.200 e. The highest BCUT2D eigenvalue weighted by molar-refractivity contribution is 5.85. The fourth-order valence-electron chi connectivity index (χ4n) is 3.81. The molecule has 29 heavy (non-hydrogen) atoms. The molecule has 1 fully saturated rings. The number of nitrogens with zero attached hydrogens (tertiary/aromatic N) is 4. The number of ether oxygens (including phenoxy) is 2. The Morgan fingerprint density at radius 1 is 1.07 bits per heavy atom. The molecule has 0 radical (unpaired) electrons. The largest absolute Gasteiger partial charge is 0.497 e. The number of benzene rings is 1. The van der Waals surface area contributed by atoms with Crippen molar-refractivity contribution in [1.29, 1.82) is 0 Å². The third-order valence-corrected chi connectivity index (χ3v) is 5.34. The third kappa shape index (κ3) is 4.42. The van der Waals surface area contributed by atoms with E-state index in [1.54, 1.807) is 20.4 Å². The van der Waals surface area contributed by atoms with Gasteiger partial charge in [0.2, 0.25) is 0 Å². The first-order chi connectivity index (χ1) is 13.7. The first-order valence-electron chi connectivity index (χ1n) is 9.50. The number of methoxy groups -OCH3 is 2. The number of pyridine rings is 1. The number of rotatable bonds is 5. The van der Waals surface area contributed by atoms with Crippen molar-refractivity contribution in [3.05, 3.63) is 54.5 Å². The molecule has 154 valence electrons. The molecule has 0 aliphatic heterocycles. The van der Waals surface area contributed by atoms with Crippen LogP contribution in [-0.2, 0) is 4.74 Å². The molecule has 1 aliphatic rings. The summed E-state index contributed by atoms with van der Waals surface area (Å²) in [5, 5.41) is 4.78. The molecule has 1 aliphatic carbocycles. The van der Waals surface area contributed by atoms with Gasteiger partial charge in [-0.1, -0.05) is 6.07 Å². The van der Waals surface area contributed by atoms with Gasteiger partial charge < -0.3 is 15.2 Å². The lowest BCUT2D eigenvalue weighted by Gasteiger charge is -2.32. The van der Waals surface area contributed by atoms with Gasteiger partial charge in [-0.15, -0.1) is 17.5 Å². The van der Waals surface area contributed by atoms with E-state index >= 15 is 0 Å². The molecule has 1 saturated carbocycles. The molecule has 8 heteroatoms. The molecule has 0 saturated heterocycles. The Balaban J connectivity index is 0.00000240. The summed E-state index contributed by atoms with van der Waals surface area (Å²) < 4.78 is 12.7. The van der Waals surface area contributed by atoms with Crippen LogP contribution in [0.2, 0.25) is 0 Å². The lowest BCUT2D eigenvalue weighted by molar-refractivity contribution is 0.0482. The highest BCUT2D eigenvalue weighted by atomic mass is 35.5. The number of nitrogens with two attached hydrogens (primary N) is 1. The van der Waals surface area contributed by atoms with E-state index in [9.17, 15) is 0 Å². The normalized spacial score (nSPS) is 21.4. The summed E-state index contributed by atoms with van der Waals surface area (Å²) in [4.78, 5) is 9.28. The molecule has 0 unspecified atom stereocenters. The fourth-order valence-corrected chi connectivity index (χ4v) is 3.81. The second-order valence-corrected chi connectivity index (χ2v) is 7.07. The molecule has 7 nitrogen and oxygen atoms in total. The van der Waals surface area contributed by atoms with Gasteiger partial charge in [0.05, 0.1) is 18.9 Å². The van der Waals surface area contributed by atoms with Crippen molar-refractivity contribution in [2.24, 2.45) is 5.73 Å². The highest BCUT2D eigenvalue weighted by Crippen LogP contribution is 2.34. The predicted molar refractivity (Wildman–Crippen MR) is 114 cm³/mol. The van der Waals surface area contributed by atoms with Crippen LogP contribution in [0, 0.1) is 0 Å². The van der Waals surface area contributed by atoms with Gasteiger partial charge in [-0.2, -0.15) is 0 Å². The van der Waals surface area contributed by atoms with Gasteiger partial charge in [0, 0.05) is 25.3 Å². The van der Waals surface area contributed by atoms with Crippen LogP contribution in [0.15, 0.2) is 48.7 Å². The summed E-state index contributed by atoms with van der Waals surface area (Å²) in [6, 6.07) is 13.6. The smallest absolute Gasteiger partial charge is 0.200 e. The average molecular weight is 416 g/mol. The molecule has 4 rings (SSSR count). The van der Waals surface area contributed by atoms with Crippen molar-refractivity contribution in [3.8, 4) is 23.0 Å². The Bertz CT molecular complexity index is 917. The fraction of sp³-hybridized carbons (Fsp3) is 0.381. The minimum Gasteiger partial charge on any atom is -0.497 e. The van der Waals surface area contributed by atoms with Gasteiger partial charge in [0.25, 0.3) is 0 Å². The van der Waals surface area contributed by atoms with Crippen molar-refractivity contribution < 1.29 is 9.47 Å². The van der Waals surface area contributed by atoms with E-state index in [0.717, 1.165) is 42.2 Å². The Hall–Kier alpha value is -2.48. The summed E-state index contributed by atoms with van der Waals surface area (Å²) in [7, 11) is 3.38. The molecule has 2 aromatic heterocycles. The number of hydrogen-bond acceptors (Lipinski definition) is 6. The number of hydrogen-bond donors (Lipinski definition) is 1. The van der Waals surface area contributed by atoms with Crippen LogP contribution in [-0.4, -0.2) is 46.1 Å². The van der Waals surface area contributed by atoms with Crippen molar-refractivity contribution in [2.75, 3.05) is 14.2 Å². The van der Waals surface area contributed by atoms with Crippen molar-refractivity contribution in [3.63, 3.8) is 0 Å². The van der Waals surface area contributed by atoms with Gasteiger partial charge >= 0.3 is 0 Å². The molecule has 2 heterocycles. The summed E-state index contributed by atoms with van der Waals surface area (Å²) >= 11 is 0. The molecule has 0 amide bonds. The molecule has 3 aromatic rings. The standard InChI is InChI=1S/C21H25N5O2.ClH/c1-27-16-9-7-15(8-10-16)26-21(14-6-11-19(28-2)17(22)13-14)24-20(25-26)18-5-3-4-12-23-18;/h3-5,7-10,12,14,17,19H,6,11,13,22H2,1-2H3;1H/t14-,17+,19+;/m0./s1. The van der Waals surface area contributed by atoms with Crippen LogP contribution in [0.3, 0.4) is 0 Å². The van der Waals surface area contributed by atoms with Crippen molar-refractivity contribution in [2.45, 2.75) is 37.3 Å². The number of aromatic nitrogens is 4. The first kappa shape index (κ1) is 21.2. The van der Waals surface area contributed by atoms with Crippen LogP contribution in [0.1, 0.15) is 31.0 Å². The van der Waals surface area contributed by atoms with Crippen LogP contribution in [0.5, 0.6) is 5.75 Å². The van der Waals surface area contributed by atoms with E-state index in [4.69, 9.17) is 25.3 Å². The molecule has 0 spiro atoms. The molecular formula is C21H26ClN5O2. The second-order valence-electron chi connectivity index (χ2n) is 7.07. The average Bonchev–Trinajstić information content (AvgIpc) is 3.20. The topological polar surface area (TPSA) is 88.1 Å². The minimum atomic E-state index is -0.0110. The van der Waals surface area contributed by atoms with Gasteiger partial charge in [0.1, 0.15) is 17.3 Å². The summed E-state index contributed by atoms with van der Waals surface area (Å²) in [6.45, 7) is 0.